The highest BCUT2D eigenvalue weighted by Gasteiger charge is 2.29. The largest absolute Gasteiger partial charge is 0.340 e. The van der Waals surface area contributed by atoms with Crippen LogP contribution in [-0.2, 0) is 11.3 Å². The van der Waals surface area contributed by atoms with Crippen LogP contribution in [0.25, 0.3) is 10.2 Å². The number of amides is 1. The second-order valence-electron chi connectivity index (χ2n) is 8.89. The van der Waals surface area contributed by atoms with Crippen LogP contribution in [0.4, 0.5) is 10.8 Å². The van der Waals surface area contributed by atoms with Crippen LogP contribution in [0.5, 0.6) is 0 Å². The van der Waals surface area contributed by atoms with Crippen LogP contribution < -0.4 is 5.32 Å². The zero-order valence-electron chi connectivity index (χ0n) is 18.4. The molecule has 0 atom stereocenters. The van der Waals surface area contributed by atoms with Gasteiger partial charge in [-0.15, -0.1) is 0 Å². The van der Waals surface area contributed by atoms with Crippen LogP contribution in [0, 0.1) is 12.8 Å². The highest BCUT2D eigenvalue weighted by atomic mass is 35.5. The summed E-state index contributed by atoms with van der Waals surface area (Å²) in [6.07, 6.45) is 4.55. The number of anilines is 2. The molecule has 5 nitrogen and oxygen atoms in total. The molecule has 7 heteroatoms. The molecule has 168 valence electrons. The minimum atomic E-state index is 0.267. The number of halogens is 1. The molecule has 5 rings (SSSR count). The van der Waals surface area contributed by atoms with Crippen molar-refractivity contribution >= 4 is 49.9 Å². The Morgan fingerprint density at radius 3 is 2.62 bits per heavy atom. The van der Waals surface area contributed by atoms with Crippen LogP contribution in [0.3, 0.4) is 0 Å². The Bertz CT molecular complexity index is 1080. The third-order valence-electron chi connectivity index (χ3n) is 6.85. The number of para-hydroxylation sites is 1. The summed E-state index contributed by atoms with van der Waals surface area (Å²) < 4.78 is 1.17. The minimum Gasteiger partial charge on any atom is -0.340 e. The van der Waals surface area contributed by atoms with E-state index in [1.165, 1.54) is 17.5 Å². The fourth-order valence-electron chi connectivity index (χ4n) is 4.88. The topological polar surface area (TPSA) is 48.5 Å². The van der Waals surface area contributed by atoms with E-state index in [2.05, 4.69) is 28.1 Å². The van der Waals surface area contributed by atoms with Crippen molar-refractivity contribution in [3.63, 3.8) is 0 Å². The molecule has 1 N–H and O–H groups in total. The lowest BCUT2D eigenvalue weighted by molar-refractivity contribution is -0.137. The van der Waals surface area contributed by atoms with Gasteiger partial charge in [-0.05, 0) is 55.2 Å². The Hall–Kier alpha value is -2.15. The van der Waals surface area contributed by atoms with Gasteiger partial charge in [0.1, 0.15) is 0 Å². The van der Waals surface area contributed by atoms with Gasteiger partial charge >= 0.3 is 0 Å². The molecule has 0 bridgehead atoms. The summed E-state index contributed by atoms with van der Waals surface area (Å²) in [5.41, 5.74) is 4.35. The Balaban J connectivity index is 1.25. The van der Waals surface area contributed by atoms with Crippen LogP contribution in [0.1, 0.15) is 36.8 Å². The molecule has 3 aromatic rings. The predicted molar refractivity (Wildman–Crippen MR) is 133 cm³/mol. The third kappa shape index (κ3) is 4.49. The van der Waals surface area contributed by atoms with Crippen molar-refractivity contribution in [1.82, 2.24) is 14.8 Å². The monoisotopic (exact) mass is 468 g/mol. The van der Waals surface area contributed by atoms with Crippen molar-refractivity contribution in [1.29, 1.82) is 0 Å². The molecular formula is C25H29ClN4OS. The number of carbonyl (C=O) groups is 1. The molecule has 2 fully saturated rings. The van der Waals surface area contributed by atoms with E-state index in [0.717, 1.165) is 78.1 Å². The highest BCUT2D eigenvalue weighted by Crippen LogP contribution is 2.33. The maximum Gasteiger partial charge on any atom is 0.225 e. The fraction of sp³-hybridized carbons (Fsp3) is 0.440. The van der Waals surface area contributed by atoms with Crippen LogP contribution >= 0.6 is 22.9 Å². The van der Waals surface area contributed by atoms with Gasteiger partial charge in [0.25, 0.3) is 0 Å². The number of rotatable bonds is 5. The lowest BCUT2D eigenvalue weighted by Gasteiger charge is -2.36. The molecule has 2 aliphatic rings. The van der Waals surface area contributed by atoms with Crippen molar-refractivity contribution in [3.05, 3.63) is 52.5 Å². The third-order valence-corrected chi connectivity index (χ3v) is 8.15. The number of carbonyl (C=O) groups excluding carboxylic acids is 1. The maximum atomic E-state index is 12.7. The first-order chi connectivity index (χ1) is 15.6. The molecule has 1 aliphatic heterocycles. The average Bonchev–Trinajstić information content (AvgIpc) is 3.48. The van der Waals surface area contributed by atoms with E-state index in [1.807, 2.05) is 30.3 Å². The molecule has 1 aliphatic carbocycles. The Labute approximate surface area is 198 Å². The lowest BCUT2D eigenvalue weighted by atomic mass is 10.0. The zero-order valence-corrected chi connectivity index (χ0v) is 20.0. The zero-order chi connectivity index (χ0) is 22.1. The number of benzene rings is 2. The quantitative estimate of drug-likeness (QED) is 0.511. The first-order valence-electron chi connectivity index (χ1n) is 11.5. The highest BCUT2D eigenvalue weighted by molar-refractivity contribution is 7.22. The van der Waals surface area contributed by atoms with Crippen molar-refractivity contribution in [2.24, 2.45) is 5.92 Å². The number of nitrogens with zero attached hydrogens (tertiary/aromatic N) is 3. The van der Waals surface area contributed by atoms with Crippen LogP contribution in [-0.4, -0.2) is 46.9 Å². The molecule has 2 heterocycles. The number of thiazole rings is 1. The Kier molecular flexibility index (Phi) is 6.35. The molecule has 32 heavy (non-hydrogen) atoms. The van der Waals surface area contributed by atoms with Gasteiger partial charge in [-0.1, -0.05) is 47.9 Å². The Morgan fingerprint density at radius 2 is 1.88 bits per heavy atom. The van der Waals surface area contributed by atoms with E-state index in [4.69, 9.17) is 16.6 Å². The van der Waals surface area contributed by atoms with E-state index < -0.39 is 0 Å². The number of hydrogen-bond donors (Lipinski definition) is 1. The van der Waals surface area contributed by atoms with Crippen molar-refractivity contribution in [2.45, 2.75) is 39.2 Å². The standard InChI is InChI=1S/C25H29ClN4OS/c1-17-19(16-29-12-14-30(15-13-29)24(31)18-6-2-3-7-18)20(26)10-11-21(17)27-25-28-22-8-4-5-9-23(22)32-25/h4-5,8-11,18H,2-3,6-7,12-16H2,1H3,(H,27,28). The molecular weight excluding hydrogens is 440 g/mol. The lowest BCUT2D eigenvalue weighted by Crippen LogP contribution is -2.49. The normalized spacial score (nSPS) is 17.9. The Morgan fingerprint density at radius 1 is 1.12 bits per heavy atom. The van der Waals surface area contributed by atoms with Gasteiger partial charge in [-0.25, -0.2) is 4.98 Å². The smallest absolute Gasteiger partial charge is 0.225 e. The molecule has 1 saturated heterocycles. The number of hydrogen-bond acceptors (Lipinski definition) is 5. The average molecular weight is 469 g/mol. The van der Waals surface area contributed by atoms with Gasteiger partial charge in [-0.3, -0.25) is 9.69 Å². The summed E-state index contributed by atoms with van der Waals surface area (Å²) in [5.74, 6) is 0.641. The maximum absolute atomic E-state index is 12.7. The summed E-state index contributed by atoms with van der Waals surface area (Å²) >= 11 is 8.28. The molecule has 0 unspecified atom stereocenters. The number of fused-ring (bicyclic) bond motifs is 1. The molecule has 0 spiro atoms. The summed E-state index contributed by atoms with van der Waals surface area (Å²) in [5, 5.41) is 5.18. The van der Waals surface area contributed by atoms with E-state index in [9.17, 15) is 4.79 Å². The van der Waals surface area contributed by atoms with Crippen molar-refractivity contribution < 1.29 is 4.79 Å². The second-order valence-corrected chi connectivity index (χ2v) is 10.3. The van der Waals surface area contributed by atoms with E-state index >= 15 is 0 Å². The van der Waals surface area contributed by atoms with Gasteiger partial charge in [0, 0.05) is 49.4 Å². The molecule has 1 saturated carbocycles. The molecule has 0 radical (unpaired) electrons. The molecule has 2 aromatic carbocycles. The fourth-order valence-corrected chi connectivity index (χ4v) is 6.02. The van der Waals surface area contributed by atoms with Gasteiger partial charge in [0.05, 0.1) is 10.2 Å². The number of nitrogens with one attached hydrogen (secondary N) is 1. The molecule has 1 aromatic heterocycles. The summed E-state index contributed by atoms with van der Waals surface area (Å²) in [4.78, 5) is 21.9. The van der Waals surface area contributed by atoms with Gasteiger partial charge in [0.2, 0.25) is 5.91 Å². The summed E-state index contributed by atoms with van der Waals surface area (Å²) in [7, 11) is 0. The van der Waals surface area contributed by atoms with E-state index in [0.29, 0.717) is 5.91 Å². The number of aromatic nitrogens is 1. The van der Waals surface area contributed by atoms with Gasteiger partial charge in [0.15, 0.2) is 5.13 Å². The van der Waals surface area contributed by atoms with Crippen molar-refractivity contribution in [3.8, 4) is 0 Å². The van der Waals surface area contributed by atoms with E-state index in [-0.39, 0.29) is 5.92 Å². The van der Waals surface area contributed by atoms with Gasteiger partial charge in [-0.2, -0.15) is 0 Å². The number of piperazine rings is 1. The second kappa shape index (κ2) is 9.38. The summed E-state index contributed by atoms with van der Waals surface area (Å²) in [6.45, 7) is 6.33. The minimum absolute atomic E-state index is 0.267. The van der Waals surface area contributed by atoms with E-state index in [1.54, 1.807) is 11.3 Å². The molecule has 1 amide bonds. The van der Waals surface area contributed by atoms with Crippen LogP contribution in [0.15, 0.2) is 36.4 Å². The predicted octanol–water partition coefficient (Wildman–Crippen LogP) is 5.84. The first-order valence-corrected chi connectivity index (χ1v) is 12.7. The first kappa shape index (κ1) is 21.7. The van der Waals surface area contributed by atoms with Crippen LogP contribution in [0.2, 0.25) is 5.02 Å². The van der Waals surface area contributed by atoms with Gasteiger partial charge < -0.3 is 10.2 Å². The van der Waals surface area contributed by atoms with Crippen molar-refractivity contribution in [2.75, 3.05) is 31.5 Å². The SMILES string of the molecule is Cc1c(Nc2nc3ccccc3s2)ccc(Cl)c1CN1CCN(C(=O)C2CCCC2)CC1. The summed E-state index contributed by atoms with van der Waals surface area (Å²) in [6, 6.07) is 12.2.